The van der Waals surface area contributed by atoms with Crippen molar-refractivity contribution >= 4 is 17.5 Å². The van der Waals surface area contributed by atoms with E-state index >= 15 is 0 Å². The van der Waals surface area contributed by atoms with Crippen LogP contribution < -0.4 is 10.2 Å². The first-order chi connectivity index (χ1) is 11.2. The van der Waals surface area contributed by atoms with Gasteiger partial charge in [-0.25, -0.2) is 0 Å². The molecule has 0 spiro atoms. The number of methoxy groups -OCH3 is 1. The zero-order chi connectivity index (χ0) is 18.3. The molecule has 9 heteroatoms. The molecule has 2 amide bonds. The number of hydrogen-bond donors (Lipinski definition) is 1. The van der Waals surface area contributed by atoms with Gasteiger partial charge in [0.05, 0.1) is 11.6 Å². The quantitative estimate of drug-likeness (QED) is 0.797. The largest absolute Gasteiger partial charge is 0.416 e. The lowest BCUT2D eigenvalue weighted by Gasteiger charge is -2.28. The molecule has 0 bridgehead atoms. The first kappa shape index (κ1) is 19.4. The molecule has 24 heavy (non-hydrogen) atoms. The number of carbonyl (C=O) groups is 2. The van der Waals surface area contributed by atoms with Gasteiger partial charge in [-0.2, -0.15) is 18.4 Å². The van der Waals surface area contributed by atoms with E-state index in [1.165, 1.54) is 20.1 Å². The Labute approximate surface area is 136 Å². The first-order valence-corrected chi connectivity index (χ1v) is 6.85. The molecular formula is C15H16F3N3O3. The minimum atomic E-state index is -4.59. The molecule has 1 unspecified atom stereocenters. The SMILES string of the molecule is COCC(=O)N(c1cccc(C(F)(F)F)c1)C(C)C(=O)NCC#N. The highest BCUT2D eigenvalue weighted by atomic mass is 19.4. The molecule has 0 radical (unpaired) electrons. The topological polar surface area (TPSA) is 82.4 Å². The molecular weight excluding hydrogens is 327 g/mol. The number of nitriles is 1. The third kappa shape index (κ3) is 4.96. The maximum atomic E-state index is 12.9. The van der Waals surface area contributed by atoms with Crippen LogP contribution in [0.15, 0.2) is 24.3 Å². The van der Waals surface area contributed by atoms with E-state index in [-0.39, 0.29) is 12.2 Å². The van der Waals surface area contributed by atoms with Crippen molar-refractivity contribution in [3.8, 4) is 6.07 Å². The van der Waals surface area contributed by atoms with Crippen molar-refractivity contribution in [3.63, 3.8) is 0 Å². The van der Waals surface area contributed by atoms with Crippen LogP contribution in [0.2, 0.25) is 0 Å². The Balaban J connectivity index is 3.22. The molecule has 1 aromatic rings. The number of amides is 2. The summed E-state index contributed by atoms with van der Waals surface area (Å²) >= 11 is 0. The van der Waals surface area contributed by atoms with Crippen molar-refractivity contribution in [2.45, 2.75) is 19.1 Å². The van der Waals surface area contributed by atoms with Gasteiger partial charge in [0.15, 0.2) is 0 Å². The maximum absolute atomic E-state index is 12.9. The van der Waals surface area contributed by atoms with Gasteiger partial charge in [-0.1, -0.05) is 6.07 Å². The second kappa shape index (κ2) is 8.31. The summed E-state index contributed by atoms with van der Waals surface area (Å²) in [5, 5.41) is 10.7. The van der Waals surface area contributed by atoms with Crippen LogP contribution in [0, 0.1) is 11.3 Å². The summed E-state index contributed by atoms with van der Waals surface area (Å²) in [5.41, 5.74) is -1.04. The predicted molar refractivity (Wildman–Crippen MR) is 78.9 cm³/mol. The molecule has 0 saturated carbocycles. The lowest BCUT2D eigenvalue weighted by Crippen LogP contribution is -2.49. The van der Waals surface area contributed by atoms with E-state index in [2.05, 4.69) is 5.32 Å². The Morgan fingerprint density at radius 3 is 2.62 bits per heavy atom. The first-order valence-electron chi connectivity index (χ1n) is 6.85. The van der Waals surface area contributed by atoms with Crippen LogP contribution in [-0.2, 0) is 20.5 Å². The zero-order valence-electron chi connectivity index (χ0n) is 13.1. The minimum Gasteiger partial charge on any atom is -0.375 e. The fraction of sp³-hybridized carbons (Fsp3) is 0.400. The highest BCUT2D eigenvalue weighted by Crippen LogP contribution is 2.32. The minimum absolute atomic E-state index is 0.0912. The molecule has 1 rings (SSSR count). The van der Waals surface area contributed by atoms with Gasteiger partial charge in [-0.3, -0.25) is 14.5 Å². The fourth-order valence-electron chi connectivity index (χ4n) is 2.00. The normalized spacial score (nSPS) is 12.2. The Hall–Kier alpha value is -2.60. The van der Waals surface area contributed by atoms with Crippen molar-refractivity contribution in [1.29, 1.82) is 5.26 Å². The number of rotatable bonds is 6. The Bertz CT molecular complexity index is 641. The summed E-state index contributed by atoms with van der Waals surface area (Å²) in [6.45, 7) is 0.657. The van der Waals surface area contributed by atoms with Crippen molar-refractivity contribution < 1.29 is 27.5 Å². The number of anilines is 1. The maximum Gasteiger partial charge on any atom is 0.416 e. The van der Waals surface area contributed by atoms with Crippen LogP contribution >= 0.6 is 0 Å². The van der Waals surface area contributed by atoms with E-state index in [0.29, 0.717) is 0 Å². The number of carbonyl (C=O) groups excluding carboxylic acids is 2. The van der Waals surface area contributed by atoms with Crippen LogP contribution in [0.4, 0.5) is 18.9 Å². The number of benzene rings is 1. The lowest BCUT2D eigenvalue weighted by molar-refractivity contribution is -0.137. The smallest absolute Gasteiger partial charge is 0.375 e. The summed E-state index contributed by atoms with van der Waals surface area (Å²) in [7, 11) is 1.25. The van der Waals surface area contributed by atoms with Crippen molar-refractivity contribution in [2.75, 3.05) is 25.2 Å². The monoisotopic (exact) mass is 343 g/mol. The predicted octanol–water partition coefficient (Wildman–Crippen LogP) is 1.71. The zero-order valence-corrected chi connectivity index (χ0v) is 13.1. The number of alkyl halides is 3. The molecule has 0 aliphatic rings. The Kier molecular flexibility index (Phi) is 6.73. The third-order valence-electron chi connectivity index (χ3n) is 3.10. The average Bonchev–Trinajstić information content (AvgIpc) is 2.52. The Morgan fingerprint density at radius 2 is 2.08 bits per heavy atom. The van der Waals surface area contributed by atoms with E-state index in [1.807, 2.05) is 0 Å². The van der Waals surface area contributed by atoms with Gasteiger partial charge in [0.2, 0.25) is 5.91 Å². The van der Waals surface area contributed by atoms with Crippen molar-refractivity contribution in [2.24, 2.45) is 0 Å². The van der Waals surface area contributed by atoms with Crippen LogP contribution in [0.5, 0.6) is 0 Å². The third-order valence-corrected chi connectivity index (χ3v) is 3.10. The second-order valence-electron chi connectivity index (χ2n) is 4.80. The summed E-state index contributed by atoms with van der Waals surface area (Å²) in [6, 6.07) is 4.66. The summed E-state index contributed by atoms with van der Waals surface area (Å²) in [4.78, 5) is 25.1. The number of ether oxygens (including phenoxy) is 1. The average molecular weight is 343 g/mol. The fourth-order valence-corrected chi connectivity index (χ4v) is 2.00. The summed E-state index contributed by atoms with van der Waals surface area (Å²) < 4.78 is 43.3. The van der Waals surface area contributed by atoms with Crippen LogP contribution in [0.1, 0.15) is 12.5 Å². The molecule has 0 aliphatic heterocycles. The molecule has 0 aliphatic carbocycles. The van der Waals surface area contributed by atoms with Gasteiger partial charge in [-0.15, -0.1) is 0 Å². The van der Waals surface area contributed by atoms with Gasteiger partial charge in [0.25, 0.3) is 5.91 Å². The summed E-state index contributed by atoms with van der Waals surface area (Å²) in [6.07, 6.45) is -4.59. The van der Waals surface area contributed by atoms with Gasteiger partial charge in [0.1, 0.15) is 19.2 Å². The van der Waals surface area contributed by atoms with Gasteiger partial charge < -0.3 is 10.1 Å². The molecule has 0 aromatic heterocycles. The second-order valence-corrected chi connectivity index (χ2v) is 4.80. The van der Waals surface area contributed by atoms with E-state index in [4.69, 9.17) is 10.00 Å². The molecule has 130 valence electrons. The number of nitrogens with one attached hydrogen (secondary N) is 1. The highest BCUT2D eigenvalue weighted by Gasteiger charge is 2.33. The van der Waals surface area contributed by atoms with E-state index in [9.17, 15) is 22.8 Å². The van der Waals surface area contributed by atoms with Gasteiger partial charge in [0, 0.05) is 12.8 Å². The molecule has 1 aromatic carbocycles. The highest BCUT2D eigenvalue weighted by molar-refractivity contribution is 6.01. The molecule has 1 N–H and O–H groups in total. The van der Waals surface area contributed by atoms with Crippen molar-refractivity contribution in [3.05, 3.63) is 29.8 Å². The molecule has 1 atom stereocenters. The Morgan fingerprint density at radius 1 is 1.42 bits per heavy atom. The number of halogens is 3. The summed E-state index contributed by atoms with van der Waals surface area (Å²) in [5.74, 6) is -1.35. The molecule has 0 heterocycles. The van der Waals surface area contributed by atoms with Crippen LogP contribution in [0.25, 0.3) is 0 Å². The van der Waals surface area contributed by atoms with E-state index in [0.717, 1.165) is 23.1 Å². The van der Waals surface area contributed by atoms with Crippen molar-refractivity contribution in [1.82, 2.24) is 5.32 Å². The van der Waals surface area contributed by atoms with Gasteiger partial charge in [-0.05, 0) is 25.1 Å². The van der Waals surface area contributed by atoms with E-state index in [1.54, 1.807) is 6.07 Å². The van der Waals surface area contributed by atoms with Crippen LogP contribution in [0.3, 0.4) is 0 Å². The molecule has 6 nitrogen and oxygen atoms in total. The number of nitrogens with zero attached hydrogens (tertiary/aromatic N) is 2. The van der Waals surface area contributed by atoms with Gasteiger partial charge >= 0.3 is 6.18 Å². The number of hydrogen-bond acceptors (Lipinski definition) is 4. The van der Waals surface area contributed by atoms with E-state index < -0.39 is 36.2 Å². The lowest BCUT2D eigenvalue weighted by atomic mass is 10.1. The molecule has 0 saturated heterocycles. The molecule has 0 fully saturated rings. The van der Waals surface area contributed by atoms with Crippen LogP contribution in [-0.4, -0.2) is 38.1 Å². The standard InChI is InChI=1S/C15H16F3N3O3/c1-10(14(23)20-7-6-19)21(13(22)9-24-2)12-5-3-4-11(8-12)15(16,17)18/h3-5,8,10H,7,9H2,1-2H3,(H,20,23).